The molecule has 3 heteroatoms. The van der Waals surface area contributed by atoms with Gasteiger partial charge in [0.1, 0.15) is 0 Å². The van der Waals surface area contributed by atoms with Gasteiger partial charge in [-0.25, -0.2) is 0 Å². The van der Waals surface area contributed by atoms with Gasteiger partial charge < -0.3 is 0 Å². The molecule has 0 spiro atoms. The van der Waals surface area contributed by atoms with Crippen molar-refractivity contribution in [2.45, 2.75) is 161 Å². The maximum atomic E-state index is 11.5. The van der Waals surface area contributed by atoms with Crippen molar-refractivity contribution in [3.8, 4) is 0 Å². The Morgan fingerprint density at radius 3 is 1.47 bits per heavy atom. The van der Waals surface area contributed by atoms with Gasteiger partial charge in [-0.2, -0.15) is 0 Å². The topological polar surface area (TPSA) is 37.3 Å². The average molecular weight is 531 g/mol. The Hall–Kier alpha value is 0.429. The molecule has 0 saturated carbocycles. The Balaban J connectivity index is 4.08. The summed E-state index contributed by atoms with van der Waals surface area (Å²) < 4.78 is 4.37. The number of aliphatic hydroxyl groups is 1. The fraction of sp³-hybridized carbons (Fsp3) is 0.963. The number of Topliss-reactive ketones (excluding diaryl/α,β-unsaturated/α-hetero) is 1. The number of unbranched alkanes of at least 4 members (excludes halogenated alkanes) is 10. The van der Waals surface area contributed by atoms with Gasteiger partial charge in [-0.05, 0) is 6.42 Å². The zero-order chi connectivity index (χ0) is 22.5. The van der Waals surface area contributed by atoms with Gasteiger partial charge in [0.15, 0.2) is 0 Å². The van der Waals surface area contributed by atoms with Gasteiger partial charge in [0.05, 0.1) is 0 Å². The first kappa shape index (κ1) is 30.4. The maximum absolute atomic E-state index is 11.5. The summed E-state index contributed by atoms with van der Waals surface area (Å²) in [5, 5.41) is 11.3. The summed E-state index contributed by atoms with van der Waals surface area (Å²) in [6, 6.07) is 0. The number of rotatable bonds is 23. The molecule has 0 aromatic heterocycles. The van der Waals surface area contributed by atoms with Gasteiger partial charge in [-0.1, -0.05) is 6.92 Å². The van der Waals surface area contributed by atoms with Crippen LogP contribution in [0.25, 0.3) is 0 Å². The van der Waals surface area contributed by atoms with Crippen LogP contribution in [-0.4, -0.2) is 33.4 Å². The van der Waals surface area contributed by atoms with Crippen LogP contribution in [0, 0.1) is 0 Å². The molecule has 0 fully saturated rings. The molecular formula is C27H56O2Sn. The van der Waals surface area contributed by atoms with Crippen LogP contribution in [0.1, 0.15) is 143 Å². The van der Waals surface area contributed by atoms with E-state index in [1.165, 1.54) is 96.8 Å². The van der Waals surface area contributed by atoms with Crippen LogP contribution in [0.3, 0.4) is 0 Å². The first-order valence-corrected chi connectivity index (χ1v) is 21.5. The van der Waals surface area contributed by atoms with E-state index < -0.39 is 18.4 Å². The van der Waals surface area contributed by atoms with E-state index >= 15 is 0 Å². The molecule has 0 aromatic carbocycles. The third-order valence-electron chi connectivity index (χ3n) is 7.00. The van der Waals surface area contributed by atoms with E-state index in [1.54, 1.807) is 0 Å². The van der Waals surface area contributed by atoms with Crippen LogP contribution in [0.15, 0.2) is 0 Å². The average Bonchev–Trinajstić information content (AvgIpc) is 2.74. The molecule has 2 nitrogen and oxygen atoms in total. The van der Waals surface area contributed by atoms with Crippen molar-refractivity contribution in [3.63, 3.8) is 0 Å². The van der Waals surface area contributed by atoms with E-state index in [2.05, 4.69) is 27.7 Å². The van der Waals surface area contributed by atoms with Crippen molar-refractivity contribution >= 4 is 24.2 Å². The molecule has 0 rings (SSSR count). The van der Waals surface area contributed by atoms with Crippen molar-refractivity contribution in [1.29, 1.82) is 0 Å². The molecule has 0 aliphatic rings. The molecule has 0 heterocycles. The molecule has 180 valence electrons. The minimum absolute atomic E-state index is 0.101. The smallest absolute Gasteiger partial charge is 0.300 e. The molecule has 1 atom stereocenters. The van der Waals surface area contributed by atoms with Crippen molar-refractivity contribution in [2.24, 2.45) is 0 Å². The summed E-state index contributed by atoms with van der Waals surface area (Å²) in [5.41, 5.74) is 0. The molecule has 1 unspecified atom stereocenters. The van der Waals surface area contributed by atoms with E-state index in [0.717, 1.165) is 32.1 Å². The molecule has 0 aliphatic heterocycles. The number of aliphatic hydroxyl groups excluding tert-OH is 1. The zero-order valence-corrected chi connectivity index (χ0v) is 24.1. The minimum Gasteiger partial charge on any atom is -0.300 e. The first-order chi connectivity index (χ1) is 14.6. The summed E-state index contributed by atoms with van der Waals surface area (Å²) in [4.78, 5) is 11.5. The van der Waals surface area contributed by atoms with Crippen LogP contribution in [0.5, 0.6) is 0 Å². The second kappa shape index (κ2) is 21.3. The number of ketones is 1. The SMILES string of the molecule is CCC[CH2][Sn]([CH2]CCC)([CH2]CCC)[CH](O)CCCCCCCCCCC(=O)CCC. The number of hydrogen-bond donors (Lipinski definition) is 1. The fourth-order valence-electron chi connectivity index (χ4n) is 4.89. The molecule has 0 saturated heterocycles. The summed E-state index contributed by atoms with van der Waals surface area (Å²) in [7, 11) is 0. The molecule has 0 radical (unpaired) electrons. The van der Waals surface area contributed by atoms with Crippen LogP contribution >= 0.6 is 0 Å². The number of carbonyl (C=O) groups excluding carboxylic acids is 1. The number of carbonyl (C=O) groups is 1. The van der Waals surface area contributed by atoms with Crippen molar-refractivity contribution in [1.82, 2.24) is 0 Å². The Kier molecular flexibility index (Phi) is 21.6. The summed E-state index contributed by atoms with van der Waals surface area (Å²) in [6.07, 6.45) is 21.7. The van der Waals surface area contributed by atoms with Crippen LogP contribution in [0.4, 0.5) is 0 Å². The van der Waals surface area contributed by atoms with E-state index in [9.17, 15) is 9.90 Å². The van der Waals surface area contributed by atoms with E-state index in [4.69, 9.17) is 0 Å². The summed E-state index contributed by atoms with van der Waals surface area (Å²) in [5.74, 6) is 0.453. The quantitative estimate of drug-likeness (QED) is 0.106. The molecule has 0 aliphatic carbocycles. The monoisotopic (exact) mass is 532 g/mol. The van der Waals surface area contributed by atoms with Crippen LogP contribution in [0.2, 0.25) is 13.3 Å². The molecule has 0 aromatic rings. The predicted molar refractivity (Wildman–Crippen MR) is 137 cm³/mol. The van der Waals surface area contributed by atoms with Crippen LogP contribution < -0.4 is 0 Å². The second-order valence-electron chi connectivity index (χ2n) is 9.84. The van der Waals surface area contributed by atoms with Crippen LogP contribution in [-0.2, 0) is 4.79 Å². The van der Waals surface area contributed by atoms with E-state index in [0.29, 0.717) is 5.78 Å². The molecule has 1 N–H and O–H groups in total. The molecular weight excluding hydrogens is 475 g/mol. The van der Waals surface area contributed by atoms with E-state index in [1.807, 2.05) is 0 Å². The molecule has 30 heavy (non-hydrogen) atoms. The van der Waals surface area contributed by atoms with Crippen molar-refractivity contribution in [3.05, 3.63) is 0 Å². The van der Waals surface area contributed by atoms with Crippen molar-refractivity contribution in [2.75, 3.05) is 0 Å². The number of hydrogen-bond acceptors (Lipinski definition) is 2. The second-order valence-corrected chi connectivity index (χ2v) is 23.8. The van der Waals surface area contributed by atoms with Gasteiger partial charge in [0, 0.05) is 6.42 Å². The van der Waals surface area contributed by atoms with Gasteiger partial charge in [-0.15, -0.1) is 0 Å². The van der Waals surface area contributed by atoms with Gasteiger partial charge in [0.2, 0.25) is 0 Å². The third kappa shape index (κ3) is 15.3. The van der Waals surface area contributed by atoms with Gasteiger partial charge in [-0.3, -0.25) is 4.79 Å². The standard InChI is InChI=1S/C15H29O2.3C4H9.Sn/c1-2-12-15(17)13-10-8-6-4-3-5-7-9-11-14-16;3*1-3-4-2;/h14,16H,2-13H2,1H3;3*1,3-4H2,2H3;. The van der Waals surface area contributed by atoms with Gasteiger partial charge in [0.25, 0.3) is 0 Å². The summed E-state index contributed by atoms with van der Waals surface area (Å²) in [6.45, 7) is 9.02. The first-order valence-electron chi connectivity index (χ1n) is 13.8. The normalized spacial score (nSPS) is 13.0. The Morgan fingerprint density at radius 1 is 0.600 bits per heavy atom. The minimum atomic E-state index is -2.42. The Labute approximate surface area is 194 Å². The molecule has 0 bridgehead atoms. The Morgan fingerprint density at radius 2 is 1.03 bits per heavy atom. The van der Waals surface area contributed by atoms with E-state index in [-0.39, 0.29) is 4.12 Å². The van der Waals surface area contributed by atoms with Gasteiger partial charge >= 0.3 is 170 Å². The summed E-state index contributed by atoms with van der Waals surface area (Å²) >= 11 is -2.42. The fourth-order valence-corrected chi connectivity index (χ4v) is 21.3. The third-order valence-corrected chi connectivity index (χ3v) is 23.4. The molecule has 0 amide bonds. The zero-order valence-electron chi connectivity index (χ0n) is 21.3. The van der Waals surface area contributed by atoms with Crippen molar-refractivity contribution < 1.29 is 9.90 Å². The Bertz CT molecular complexity index is 361. The predicted octanol–water partition coefficient (Wildman–Crippen LogP) is 9.01.